The summed E-state index contributed by atoms with van der Waals surface area (Å²) in [5, 5.41) is 0. The third kappa shape index (κ3) is 32.7. The third-order valence-corrected chi connectivity index (χ3v) is 14.5. The number of hydrogen-bond donors (Lipinski definition) is 2. The lowest BCUT2D eigenvalue weighted by Gasteiger charge is -2.33. The van der Waals surface area contributed by atoms with Gasteiger partial charge >= 0.3 is 8.80 Å². The Morgan fingerprint density at radius 1 is 0.375 bits per heavy atom. The largest absolute Gasteiger partial charge is 0.514 e. The summed E-state index contributed by atoms with van der Waals surface area (Å²) >= 11 is 9.45. The quantitative estimate of drug-likeness (QED) is 0.0372. The molecular formula is C42H88O3S2Si. The van der Waals surface area contributed by atoms with Crippen LogP contribution in [0.1, 0.15) is 239 Å². The van der Waals surface area contributed by atoms with Crippen molar-refractivity contribution in [2.75, 3.05) is 25.6 Å². The van der Waals surface area contributed by atoms with Crippen molar-refractivity contribution >= 4 is 34.1 Å². The molecule has 0 rings (SSSR count). The second kappa shape index (κ2) is 40.6. The van der Waals surface area contributed by atoms with Gasteiger partial charge in [0.25, 0.3) is 0 Å². The topological polar surface area (TPSA) is 27.7 Å². The average Bonchev–Trinajstić information content (AvgIpc) is 3.09. The zero-order valence-corrected chi connectivity index (χ0v) is 35.9. The normalized spacial score (nSPS) is 12.7. The fraction of sp³-hybridized carbons (Fsp3) is 1.00. The van der Waals surface area contributed by atoms with Crippen molar-refractivity contribution in [2.45, 2.75) is 244 Å². The van der Waals surface area contributed by atoms with Gasteiger partial charge in [0, 0.05) is 19.8 Å². The number of thiol groups is 2. The summed E-state index contributed by atoms with van der Waals surface area (Å²) in [5.74, 6) is 0.867. The molecule has 0 amide bonds. The zero-order chi connectivity index (χ0) is 35.1. The molecule has 0 fully saturated rings. The lowest BCUT2D eigenvalue weighted by atomic mass is 10.0. The SMILES string of the molecule is CCCCCCCCCCCCCCCCCCO[Si](OCC)(OCCCCCCCCCCCCCCCCCC)C(S)CCCS. The van der Waals surface area contributed by atoms with E-state index in [1.807, 2.05) is 0 Å². The van der Waals surface area contributed by atoms with E-state index >= 15 is 0 Å². The second-order valence-corrected chi connectivity index (χ2v) is 19.0. The molecule has 0 N–H and O–H groups in total. The Labute approximate surface area is 315 Å². The van der Waals surface area contributed by atoms with Gasteiger partial charge in [-0.1, -0.05) is 206 Å². The molecule has 6 heteroatoms. The van der Waals surface area contributed by atoms with Gasteiger partial charge in [0.2, 0.25) is 0 Å². The van der Waals surface area contributed by atoms with Gasteiger partial charge < -0.3 is 13.3 Å². The Hall–Kier alpha value is 0.797. The highest BCUT2D eigenvalue weighted by Crippen LogP contribution is 2.25. The predicted molar refractivity (Wildman–Crippen MR) is 224 cm³/mol. The van der Waals surface area contributed by atoms with Crippen LogP contribution < -0.4 is 0 Å². The van der Waals surface area contributed by atoms with Crippen molar-refractivity contribution in [3.05, 3.63) is 0 Å². The van der Waals surface area contributed by atoms with E-state index in [9.17, 15) is 0 Å². The van der Waals surface area contributed by atoms with Gasteiger partial charge in [-0.15, -0.1) is 0 Å². The zero-order valence-electron chi connectivity index (χ0n) is 33.1. The molecule has 0 radical (unpaired) electrons. The molecule has 0 heterocycles. The Bertz CT molecular complexity index is 559. The molecule has 0 aromatic rings. The van der Waals surface area contributed by atoms with Gasteiger partial charge in [-0.2, -0.15) is 25.3 Å². The molecule has 0 aliphatic carbocycles. The molecule has 0 aromatic heterocycles. The summed E-state index contributed by atoms with van der Waals surface area (Å²) in [4.78, 5) is 0.0340. The predicted octanol–water partition coefficient (Wildman–Crippen LogP) is 15.1. The average molecular weight is 733 g/mol. The Morgan fingerprint density at radius 3 is 0.896 bits per heavy atom. The van der Waals surface area contributed by atoms with E-state index < -0.39 is 8.80 Å². The minimum Gasteiger partial charge on any atom is -0.373 e. The van der Waals surface area contributed by atoms with Crippen LogP contribution in [0.15, 0.2) is 0 Å². The summed E-state index contributed by atoms with van der Waals surface area (Å²) in [6.07, 6.45) is 46.2. The minimum atomic E-state index is -2.82. The molecule has 0 bridgehead atoms. The van der Waals surface area contributed by atoms with Gasteiger partial charge in [-0.3, -0.25) is 0 Å². The molecule has 0 aliphatic rings. The van der Waals surface area contributed by atoms with Gasteiger partial charge in [0.15, 0.2) is 0 Å². The molecular weight excluding hydrogens is 645 g/mol. The highest BCUT2D eigenvalue weighted by Gasteiger charge is 2.47. The molecule has 0 aromatic carbocycles. The van der Waals surface area contributed by atoms with E-state index in [-0.39, 0.29) is 4.87 Å². The van der Waals surface area contributed by atoms with Crippen molar-refractivity contribution in [2.24, 2.45) is 0 Å². The van der Waals surface area contributed by atoms with E-state index in [0.717, 1.165) is 44.6 Å². The van der Waals surface area contributed by atoms with E-state index in [1.165, 1.54) is 193 Å². The van der Waals surface area contributed by atoms with Crippen molar-refractivity contribution < 1.29 is 13.3 Å². The van der Waals surface area contributed by atoms with Crippen molar-refractivity contribution in [3.8, 4) is 0 Å². The van der Waals surface area contributed by atoms with Crippen LogP contribution in [0.4, 0.5) is 0 Å². The van der Waals surface area contributed by atoms with E-state index in [1.54, 1.807) is 0 Å². The molecule has 1 unspecified atom stereocenters. The molecule has 48 heavy (non-hydrogen) atoms. The molecule has 0 aliphatic heterocycles. The first kappa shape index (κ1) is 48.8. The van der Waals surface area contributed by atoms with Crippen LogP contribution in [0.2, 0.25) is 0 Å². The monoisotopic (exact) mass is 733 g/mol. The maximum atomic E-state index is 6.57. The highest BCUT2D eigenvalue weighted by molar-refractivity contribution is 7.83. The Balaban J connectivity index is 4.01. The third-order valence-electron chi connectivity index (χ3n) is 9.99. The lowest BCUT2D eigenvalue weighted by Crippen LogP contribution is -2.54. The maximum absolute atomic E-state index is 6.57. The van der Waals surface area contributed by atoms with Crippen LogP contribution in [-0.4, -0.2) is 39.3 Å². The summed E-state index contributed by atoms with van der Waals surface area (Å²) in [6, 6.07) is 0. The molecule has 3 nitrogen and oxygen atoms in total. The first-order chi connectivity index (χ1) is 23.7. The molecule has 0 saturated heterocycles. The lowest BCUT2D eigenvalue weighted by molar-refractivity contribution is 0.0580. The standard InChI is InChI=1S/C42H88O3S2Si/c1-4-7-9-11-13-15-17-19-21-23-25-27-29-31-33-35-39-44-48(43-6-3,42(47)38-37-41-46)45-40-36-34-32-30-28-26-24-22-20-18-16-14-12-10-8-5-2/h42,46-47H,4-41H2,1-3H3. The minimum absolute atomic E-state index is 0.0340. The summed E-state index contributed by atoms with van der Waals surface area (Å²) in [5.41, 5.74) is 0. The highest BCUT2D eigenvalue weighted by atomic mass is 32.1. The van der Waals surface area contributed by atoms with Crippen LogP contribution in [0, 0.1) is 0 Å². The first-order valence-corrected chi connectivity index (χ1v) is 24.8. The molecule has 0 saturated carbocycles. The van der Waals surface area contributed by atoms with Crippen LogP contribution in [0.5, 0.6) is 0 Å². The summed E-state index contributed by atoms with van der Waals surface area (Å²) < 4.78 is 19.5. The Kier molecular flexibility index (Phi) is 41.2. The summed E-state index contributed by atoms with van der Waals surface area (Å²) in [6.45, 7) is 8.77. The van der Waals surface area contributed by atoms with E-state index in [4.69, 9.17) is 25.9 Å². The van der Waals surface area contributed by atoms with Crippen LogP contribution in [0.3, 0.4) is 0 Å². The molecule has 1 atom stereocenters. The second-order valence-electron chi connectivity index (χ2n) is 14.7. The molecule has 0 spiro atoms. The Morgan fingerprint density at radius 2 is 0.646 bits per heavy atom. The van der Waals surface area contributed by atoms with Crippen molar-refractivity contribution in [3.63, 3.8) is 0 Å². The molecule has 290 valence electrons. The fourth-order valence-corrected chi connectivity index (χ4v) is 10.5. The van der Waals surface area contributed by atoms with Crippen molar-refractivity contribution in [1.29, 1.82) is 0 Å². The summed E-state index contributed by atoms with van der Waals surface area (Å²) in [7, 11) is -2.82. The van der Waals surface area contributed by atoms with Gasteiger partial charge in [-0.25, -0.2) is 0 Å². The number of hydrogen-bond acceptors (Lipinski definition) is 5. The van der Waals surface area contributed by atoms with Crippen molar-refractivity contribution in [1.82, 2.24) is 0 Å². The number of rotatable bonds is 42. The van der Waals surface area contributed by atoms with Crippen LogP contribution in [0.25, 0.3) is 0 Å². The number of unbranched alkanes of at least 4 members (excludes halogenated alkanes) is 30. The van der Waals surface area contributed by atoms with E-state index in [0.29, 0.717) is 6.61 Å². The van der Waals surface area contributed by atoms with Gasteiger partial charge in [0.1, 0.15) is 0 Å². The van der Waals surface area contributed by atoms with Crippen LogP contribution >= 0.6 is 25.3 Å². The maximum Gasteiger partial charge on any atom is 0.514 e. The van der Waals surface area contributed by atoms with E-state index in [2.05, 4.69) is 33.4 Å². The fourth-order valence-electron chi connectivity index (χ4n) is 6.81. The van der Waals surface area contributed by atoms with Gasteiger partial charge in [-0.05, 0) is 38.4 Å². The van der Waals surface area contributed by atoms with Crippen LogP contribution in [-0.2, 0) is 13.3 Å². The smallest absolute Gasteiger partial charge is 0.373 e. The first-order valence-electron chi connectivity index (χ1n) is 21.9. The van der Waals surface area contributed by atoms with Gasteiger partial charge in [0.05, 0.1) is 4.87 Å².